The highest BCUT2D eigenvalue weighted by molar-refractivity contribution is 7.11. The summed E-state index contributed by atoms with van der Waals surface area (Å²) in [5.74, 6) is 0. The van der Waals surface area contributed by atoms with Crippen LogP contribution in [0.25, 0.3) is 5.57 Å². The van der Waals surface area contributed by atoms with Crippen molar-refractivity contribution < 1.29 is 0 Å². The van der Waals surface area contributed by atoms with Crippen LogP contribution < -0.4 is 0 Å². The van der Waals surface area contributed by atoms with Crippen molar-refractivity contribution >= 4 is 16.9 Å². The molecule has 1 rings (SSSR count). The number of rotatable bonds is 9. The van der Waals surface area contributed by atoms with E-state index in [1.165, 1.54) is 42.6 Å². The van der Waals surface area contributed by atoms with Gasteiger partial charge in [-0.1, -0.05) is 51.0 Å². The molecular formula is C16H24S. The zero-order chi connectivity index (χ0) is 12.3. The summed E-state index contributed by atoms with van der Waals surface area (Å²) in [6.45, 7) is 6.39. The van der Waals surface area contributed by atoms with E-state index in [1.54, 1.807) is 11.3 Å². The first kappa shape index (κ1) is 14.2. The van der Waals surface area contributed by atoms with Crippen LogP contribution >= 0.6 is 11.3 Å². The Kier molecular flexibility index (Phi) is 7.74. The smallest absolute Gasteiger partial charge is 0.0296 e. The molecule has 0 aliphatic heterocycles. The van der Waals surface area contributed by atoms with E-state index in [0.717, 1.165) is 12.8 Å². The molecule has 1 heteroatoms. The molecule has 0 saturated carbocycles. The Balaban J connectivity index is 2.03. The minimum atomic E-state index is 1.09. The van der Waals surface area contributed by atoms with Crippen molar-refractivity contribution in [3.8, 4) is 0 Å². The van der Waals surface area contributed by atoms with Crippen LogP contribution in [0.4, 0.5) is 0 Å². The van der Waals surface area contributed by atoms with Gasteiger partial charge in [0, 0.05) is 4.88 Å². The van der Waals surface area contributed by atoms with Crippen LogP contribution in [0.1, 0.15) is 56.7 Å². The molecule has 0 N–H and O–H groups in total. The first-order valence-electron chi connectivity index (χ1n) is 6.71. The molecule has 0 aliphatic rings. The largest absolute Gasteiger partial charge is 0.144 e. The van der Waals surface area contributed by atoms with Crippen molar-refractivity contribution in [2.75, 3.05) is 0 Å². The molecule has 0 nitrogen and oxygen atoms in total. The molecule has 0 amide bonds. The van der Waals surface area contributed by atoms with Gasteiger partial charge in [0.1, 0.15) is 0 Å². The predicted octanol–water partition coefficient (Wildman–Crippen LogP) is 6.07. The van der Waals surface area contributed by atoms with Gasteiger partial charge in [-0.2, -0.15) is 0 Å². The summed E-state index contributed by atoms with van der Waals surface area (Å²) >= 11 is 1.78. The van der Waals surface area contributed by atoms with Crippen molar-refractivity contribution in [3.05, 3.63) is 41.1 Å². The van der Waals surface area contributed by atoms with Crippen LogP contribution in [0.15, 0.2) is 36.2 Å². The lowest BCUT2D eigenvalue weighted by Crippen LogP contribution is -1.77. The van der Waals surface area contributed by atoms with Gasteiger partial charge >= 0.3 is 0 Å². The molecule has 0 fully saturated rings. The molecule has 0 unspecified atom stereocenters. The lowest BCUT2D eigenvalue weighted by atomic mass is 10.1. The fraction of sp³-hybridized carbons (Fsp3) is 0.500. The van der Waals surface area contributed by atoms with E-state index in [1.807, 2.05) is 0 Å². The first-order chi connectivity index (χ1) is 8.34. The number of allylic oxidation sites excluding steroid dienone is 3. The summed E-state index contributed by atoms with van der Waals surface area (Å²) in [5, 5.41) is 2.12. The van der Waals surface area contributed by atoms with E-state index in [9.17, 15) is 0 Å². The van der Waals surface area contributed by atoms with Crippen molar-refractivity contribution in [2.45, 2.75) is 51.9 Å². The Morgan fingerprint density at radius 3 is 2.76 bits per heavy atom. The summed E-state index contributed by atoms with van der Waals surface area (Å²) < 4.78 is 0. The summed E-state index contributed by atoms with van der Waals surface area (Å²) in [4.78, 5) is 1.33. The highest BCUT2D eigenvalue weighted by Crippen LogP contribution is 2.22. The molecular weight excluding hydrogens is 224 g/mol. The Labute approximate surface area is 110 Å². The Morgan fingerprint density at radius 1 is 1.24 bits per heavy atom. The van der Waals surface area contributed by atoms with Crippen LogP contribution in [0, 0.1) is 0 Å². The van der Waals surface area contributed by atoms with Crippen LogP contribution in [0.5, 0.6) is 0 Å². The SMILES string of the molecule is C=C(CC/C=C/CCCCCC)c1cccs1. The zero-order valence-corrected chi connectivity index (χ0v) is 11.8. The van der Waals surface area contributed by atoms with Gasteiger partial charge < -0.3 is 0 Å². The zero-order valence-electron chi connectivity index (χ0n) is 11.0. The predicted molar refractivity (Wildman–Crippen MR) is 80.5 cm³/mol. The lowest BCUT2D eigenvalue weighted by molar-refractivity contribution is 0.674. The van der Waals surface area contributed by atoms with Crippen LogP contribution in [-0.2, 0) is 0 Å². The van der Waals surface area contributed by atoms with Crippen molar-refractivity contribution in [2.24, 2.45) is 0 Å². The molecule has 0 radical (unpaired) electrons. The van der Waals surface area contributed by atoms with E-state index in [-0.39, 0.29) is 0 Å². The van der Waals surface area contributed by atoms with Crippen molar-refractivity contribution in [1.29, 1.82) is 0 Å². The first-order valence-corrected chi connectivity index (χ1v) is 7.59. The molecule has 0 atom stereocenters. The standard InChI is InChI=1S/C16H24S/c1-3-4-5-6-7-8-9-10-12-15(2)16-13-11-14-17-16/h8-9,11,13-14H,2-7,10,12H2,1H3/b9-8+. The molecule has 0 spiro atoms. The average molecular weight is 248 g/mol. The molecule has 94 valence electrons. The highest BCUT2D eigenvalue weighted by atomic mass is 32.1. The van der Waals surface area contributed by atoms with Crippen LogP contribution in [0.2, 0.25) is 0 Å². The Hall–Kier alpha value is -0.820. The third-order valence-electron chi connectivity index (χ3n) is 2.87. The third kappa shape index (κ3) is 6.48. The second kappa shape index (κ2) is 9.23. The fourth-order valence-corrected chi connectivity index (χ4v) is 2.51. The Morgan fingerprint density at radius 2 is 2.06 bits per heavy atom. The monoisotopic (exact) mass is 248 g/mol. The van der Waals surface area contributed by atoms with Gasteiger partial charge in [-0.15, -0.1) is 11.3 Å². The Bertz CT molecular complexity index is 319. The maximum atomic E-state index is 4.13. The molecule has 1 aromatic rings. The molecule has 0 saturated heterocycles. The number of hydrogen-bond acceptors (Lipinski definition) is 1. The van der Waals surface area contributed by atoms with Gasteiger partial charge in [0.05, 0.1) is 0 Å². The van der Waals surface area contributed by atoms with Crippen LogP contribution in [-0.4, -0.2) is 0 Å². The maximum absolute atomic E-state index is 4.13. The van der Waals surface area contributed by atoms with E-state index in [0.29, 0.717) is 0 Å². The third-order valence-corrected chi connectivity index (χ3v) is 3.85. The number of thiophene rings is 1. The summed E-state index contributed by atoms with van der Waals surface area (Å²) in [6.07, 6.45) is 13.5. The molecule has 17 heavy (non-hydrogen) atoms. The molecule has 0 aliphatic carbocycles. The number of unbranched alkanes of at least 4 members (excludes halogenated alkanes) is 4. The van der Waals surface area contributed by atoms with Gasteiger partial charge in [0.25, 0.3) is 0 Å². The topological polar surface area (TPSA) is 0 Å². The fourth-order valence-electron chi connectivity index (χ4n) is 1.79. The molecule has 1 aromatic heterocycles. The average Bonchev–Trinajstić information content (AvgIpc) is 2.86. The highest BCUT2D eigenvalue weighted by Gasteiger charge is 1.97. The van der Waals surface area contributed by atoms with Gasteiger partial charge in [0.15, 0.2) is 0 Å². The van der Waals surface area contributed by atoms with Gasteiger partial charge in [0.2, 0.25) is 0 Å². The minimum absolute atomic E-state index is 1.09. The summed E-state index contributed by atoms with van der Waals surface area (Å²) in [7, 11) is 0. The van der Waals surface area contributed by atoms with Gasteiger partial charge in [-0.25, -0.2) is 0 Å². The maximum Gasteiger partial charge on any atom is 0.0296 e. The van der Waals surface area contributed by atoms with Crippen molar-refractivity contribution in [1.82, 2.24) is 0 Å². The summed E-state index contributed by atoms with van der Waals surface area (Å²) in [6, 6.07) is 4.25. The second-order valence-electron chi connectivity index (χ2n) is 4.44. The van der Waals surface area contributed by atoms with Crippen LogP contribution in [0.3, 0.4) is 0 Å². The molecule has 0 aromatic carbocycles. The van der Waals surface area contributed by atoms with E-state index < -0.39 is 0 Å². The normalized spacial score (nSPS) is 11.1. The second-order valence-corrected chi connectivity index (χ2v) is 5.39. The minimum Gasteiger partial charge on any atom is -0.144 e. The van der Waals surface area contributed by atoms with Gasteiger partial charge in [-0.05, 0) is 42.7 Å². The molecule has 0 bridgehead atoms. The van der Waals surface area contributed by atoms with Gasteiger partial charge in [-0.3, -0.25) is 0 Å². The van der Waals surface area contributed by atoms with E-state index >= 15 is 0 Å². The summed E-state index contributed by atoms with van der Waals surface area (Å²) in [5.41, 5.74) is 1.27. The quantitative estimate of drug-likeness (QED) is 0.367. The number of hydrogen-bond donors (Lipinski definition) is 0. The lowest BCUT2D eigenvalue weighted by Gasteiger charge is -1.99. The van der Waals surface area contributed by atoms with E-state index in [4.69, 9.17) is 0 Å². The van der Waals surface area contributed by atoms with E-state index in [2.05, 4.69) is 43.2 Å². The van der Waals surface area contributed by atoms with Crippen molar-refractivity contribution in [3.63, 3.8) is 0 Å². The molecule has 1 heterocycles.